The summed E-state index contributed by atoms with van der Waals surface area (Å²) in [6.45, 7) is -3.13. The standard InChI is InChI=1S/C14H8F6O2/c15-11-7-8(21-13(16)17)5-6-9(11)10-3-1-2-4-12(10)22-14(18,19)20/h1-7,13H. The SMILES string of the molecule is Fc1cc(OC(F)F)ccc1-c1ccccc1OC(F)(F)F. The summed E-state index contributed by atoms with van der Waals surface area (Å²) in [5, 5.41) is 0. The molecule has 2 rings (SSSR count). The van der Waals surface area contributed by atoms with E-state index < -0.39 is 30.3 Å². The van der Waals surface area contributed by atoms with Gasteiger partial charge >= 0.3 is 13.0 Å². The van der Waals surface area contributed by atoms with Gasteiger partial charge in [-0.05, 0) is 18.2 Å². The van der Waals surface area contributed by atoms with Crippen LogP contribution < -0.4 is 9.47 Å². The molecule has 0 fully saturated rings. The van der Waals surface area contributed by atoms with Crippen LogP contribution in [0.3, 0.4) is 0 Å². The Labute approximate surface area is 120 Å². The molecule has 2 nitrogen and oxygen atoms in total. The van der Waals surface area contributed by atoms with Gasteiger partial charge in [0.1, 0.15) is 17.3 Å². The summed E-state index contributed by atoms with van der Waals surface area (Å²) < 4.78 is 82.8. The maximum Gasteiger partial charge on any atom is 0.573 e. The van der Waals surface area contributed by atoms with Crippen molar-refractivity contribution >= 4 is 0 Å². The monoisotopic (exact) mass is 322 g/mol. The highest BCUT2D eigenvalue weighted by Gasteiger charge is 2.32. The fourth-order valence-electron chi connectivity index (χ4n) is 1.79. The second-order valence-corrected chi connectivity index (χ2v) is 4.06. The van der Waals surface area contributed by atoms with E-state index in [1.54, 1.807) is 0 Å². The summed E-state index contributed by atoms with van der Waals surface area (Å²) in [4.78, 5) is 0. The zero-order valence-electron chi connectivity index (χ0n) is 10.7. The minimum Gasteiger partial charge on any atom is -0.435 e. The van der Waals surface area contributed by atoms with Crippen LogP contribution in [0.15, 0.2) is 42.5 Å². The largest absolute Gasteiger partial charge is 0.573 e. The molecule has 0 unspecified atom stereocenters. The van der Waals surface area contributed by atoms with E-state index in [1.165, 1.54) is 18.2 Å². The Morgan fingerprint density at radius 2 is 1.59 bits per heavy atom. The summed E-state index contributed by atoms with van der Waals surface area (Å²) in [6.07, 6.45) is -4.94. The van der Waals surface area contributed by atoms with Crippen LogP contribution >= 0.6 is 0 Å². The Morgan fingerprint density at radius 3 is 2.18 bits per heavy atom. The molecular formula is C14H8F6O2. The zero-order chi connectivity index (χ0) is 16.3. The van der Waals surface area contributed by atoms with Crippen LogP contribution in [0.1, 0.15) is 0 Å². The van der Waals surface area contributed by atoms with Crippen LogP contribution in [0.4, 0.5) is 26.3 Å². The topological polar surface area (TPSA) is 18.5 Å². The Hall–Kier alpha value is -2.38. The molecule has 0 saturated heterocycles. The predicted molar refractivity (Wildman–Crippen MR) is 65.2 cm³/mol. The molecule has 2 aromatic carbocycles. The number of ether oxygens (including phenoxy) is 2. The molecule has 0 heterocycles. The summed E-state index contributed by atoms with van der Waals surface area (Å²) >= 11 is 0. The van der Waals surface area contributed by atoms with Gasteiger partial charge in [0.05, 0.1) is 0 Å². The lowest BCUT2D eigenvalue weighted by Crippen LogP contribution is -2.17. The van der Waals surface area contributed by atoms with E-state index in [-0.39, 0.29) is 11.1 Å². The maximum absolute atomic E-state index is 13.9. The molecule has 0 aromatic heterocycles. The highest BCUT2D eigenvalue weighted by molar-refractivity contribution is 5.71. The molecule has 0 aliphatic rings. The third-order valence-electron chi connectivity index (χ3n) is 2.57. The molecule has 8 heteroatoms. The van der Waals surface area contributed by atoms with E-state index in [0.29, 0.717) is 6.07 Å². The number of hydrogen-bond acceptors (Lipinski definition) is 2. The lowest BCUT2D eigenvalue weighted by atomic mass is 10.0. The Balaban J connectivity index is 2.40. The van der Waals surface area contributed by atoms with Crippen molar-refractivity contribution in [1.82, 2.24) is 0 Å². The number of para-hydroxylation sites is 1. The molecule has 0 bridgehead atoms. The smallest absolute Gasteiger partial charge is 0.435 e. The van der Waals surface area contributed by atoms with E-state index in [2.05, 4.69) is 9.47 Å². The van der Waals surface area contributed by atoms with Crippen LogP contribution in [-0.4, -0.2) is 13.0 Å². The third kappa shape index (κ3) is 4.06. The Bertz CT molecular complexity index is 654. The van der Waals surface area contributed by atoms with Gasteiger partial charge in [-0.3, -0.25) is 0 Å². The molecule has 0 N–H and O–H groups in total. The maximum atomic E-state index is 13.9. The predicted octanol–water partition coefficient (Wildman–Crippen LogP) is 4.99. The molecular weight excluding hydrogens is 314 g/mol. The molecule has 2 aromatic rings. The van der Waals surface area contributed by atoms with Crippen molar-refractivity contribution in [1.29, 1.82) is 0 Å². The molecule has 0 saturated carbocycles. The van der Waals surface area contributed by atoms with Gasteiger partial charge in [0.25, 0.3) is 0 Å². The average Bonchev–Trinajstić information content (AvgIpc) is 2.37. The number of rotatable bonds is 4. The van der Waals surface area contributed by atoms with Crippen molar-refractivity contribution in [2.45, 2.75) is 13.0 Å². The van der Waals surface area contributed by atoms with Gasteiger partial charge < -0.3 is 9.47 Å². The van der Waals surface area contributed by atoms with E-state index >= 15 is 0 Å². The first-order valence-electron chi connectivity index (χ1n) is 5.86. The Kier molecular flexibility index (Phi) is 4.48. The van der Waals surface area contributed by atoms with Gasteiger partial charge in [-0.15, -0.1) is 13.2 Å². The summed E-state index contributed by atoms with van der Waals surface area (Å²) in [6, 6.07) is 7.63. The van der Waals surface area contributed by atoms with Crippen molar-refractivity contribution in [3.05, 3.63) is 48.3 Å². The Morgan fingerprint density at radius 1 is 0.909 bits per heavy atom. The quantitative estimate of drug-likeness (QED) is 0.738. The molecule has 0 spiro atoms. The second-order valence-electron chi connectivity index (χ2n) is 4.06. The van der Waals surface area contributed by atoms with Crippen molar-refractivity contribution in [2.75, 3.05) is 0 Å². The van der Waals surface area contributed by atoms with Gasteiger partial charge in [0.15, 0.2) is 0 Å². The zero-order valence-corrected chi connectivity index (χ0v) is 10.7. The summed E-state index contributed by atoms with van der Waals surface area (Å²) in [5.74, 6) is -2.06. The normalized spacial score (nSPS) is 11.6. The van der Waals surface area contributed by atoms with Crippen LogP contribution in [0.2, 0.25) is 0 Å². The molecule has 118 valence electrons. The molecule has 0 atom stereocenters. The lowest BCUT2D eigenvalue weighted by Gasteiger charge is -2.14. The van der Waals surface area contributed by atoms with Gasteiger partial charge in [0.2, 0.25) is 0 Å². The van der Waals surface area contributed by atoms with Gasteiger partial charge in [0, 0.05) is 17.2 Å². The third-order valence-corrected chi connectivity index (χ3v) is 2.57. The van der Waals surface area contributed by atoms with Crippen molar-refractivity contribution in [2.24, 2.45) is 0 Å². The van der Waals surface area contributed by atoms with Gasteiger partial charge in [-0.1, -0.05) is 18.2 Å². The minimum atomic E-state index is -4.94. The van der Waals surface area contributed by atoms with Crippen LogP contribution in [-0.2, 0) is 0 Å². The molecule has 0 aliphatic heterocycles. The highest BCUT2D eigenvalue weighted by Crippen LogP contribution is 2.36. The first kappa shape index (κ1) is 16.0. The highest BCUT2D eigenvalue weighted by atomic mass is 19.4. The number of benzene rings is 2. The van der Waals surface area contributed by atoms with E-state index in [4.69, 9.17) is 0 Å². The lowest BCUT2D eigenvalue weighted by molar-refractivity contribution is -0.274. The van der Waals surface area contributed by atoms with E-state index in [0.717, 1.165) is 18.2 Å². The first-order chi connectivity index (χ1) is 10.3. The van der Waals surface area contributed by atoms with E-state index in [9.17, 15) is 26.3 Å². The second kappa shape index (κ2) is 6.17. The fourth-order valence-corrected chi connectivity index (χ4v) is 1.79. The van der Waals surface area contributed by atoms with Crippen molar-refractivity contribution in [3.8, 4) is 22.6 Å². The van der Waals surface area contributed by atoms with Crippen LogP contribution in [0.5, 0.6) is 11.5 Å². The fraction of sp³-hybridized carbons (Fsp3) is 0.143. The van der Waals surface area contributed by atoms with E-state index in [1.807, 2.05) is 0 Å². The number of alkyl halides is 5. The number of hydrogen-bond donors (Lipinski definition) is 0. The van der Waals surface area contributed by atoms with Crippen LogP contribution in [0, 0.1) is 5.82 Å². The minimum absolute atomic E-state index is 0.166. The van der Waals surface area contributed by atoms with Gasteiger partial charge in [-0.2, -0.15) is 8.78 Å². The van der Waals surface area contributed by atoms with Crippen molar-refractivity contribution < 1.29 is 35.8 Å². The first-order valence-corrected chi connectivity index (χ1v) is 5.86. The molecule has 0 radical (unpaired) electrons. The molecule has 0 amide bonds. The molecule has 22 heavy (non-hydrogen) atoms. The summed E-state index contributed by atoms with van der Waals surface area (Å²) in [7, 11) is 0. The average molecular weight is 322 g/mol. The number of halogens is 6. The van der Waals surface area contributed by atoms with Crippen molar-refractivity contribution in [3.63, 3.8) is 0 Å². The summed E-state index contributed by atoms with van der Waals surface area (Å²) in [5.41, 5.74) is -0.401. The van der Waals surface area contributed by atoms with Gasteiger partial charge in [-0.25, -0.2) is 4.39 Å². The molecule has 0 aliphatic carbocycles. The van der Waals surface area contributed by atoms with Crippen LogP contribution in [0.25, 0.3) is 11.1 Å².